The quantitative estimate of drug-likeness (QED) is 0.398. The zero-order valence-corrected chi connectivity index (χ0v) is 19.2. The smallest absolute Gasteiger partial charge is 0.336 e. The Kier molecular flexibility index (Phi) is 7.66. The summed E-state index contributed by atoms with van der Waals surface area (Å²) in [7, 11) is -3.54. The highest BCUT2D eigenvalue weighted by Crippen LogP contribution is 2.34. The Morgan fingerprint density at radius 1 is 1.00 bits per heavy atom. The fourth-order valence-electron chi connectivity index (χ4n) is 3.70. The first-order valence-electron chi connectivity index (χ1n) is 10.7. The van der Waals surface area contributed by atoms with Crippen LogP contribution in [0.15, 0.2) is 59.5 Å². The number of nitrogens with one attached hydrogen (secondary N) is 1. The molecule has 1 unspecified atom stereocenters. The highest BCUT2D eigenvalue weighted by molar-refractivity contribution is 7.89. The topological polar surface area (TPSA) is 104 Å². The van der Waals surface area contributed by atoms with Crippen molar-refractivity contribution in [3.63, 3.8) is 0 Å². The molecule has 0 radical (unpaired) electrons. The second kappa shape index (κ2) is 10.3. The fourth-order valence-corrected chi connectivity index (χ4v) is 4.78. The molecule has 7 heteroatoms. The molecule has 0 aliphatic heterocycles. The Labute approximate surface area is 189 Å². The molecule has 1 atom stereocenters. The maximum atomic E-state index is 12.4. The second-order valence-corrected chi connectivity index (χ2v) is 9.90. The SMILES string of the molecule is Cc1ccc(S(=O)(=O)NCCCCc2cc(C(=O)O)c3ccc(C(C)CO)ccc2-3)cc1. The summed E-state index contributed by atoms with van der Waals surface area (Å²) >= 11 is 0. The number of rotatable bonds is 10. The van der Waals surface area contributed by atoms with Crippen molar-refractivity contribution in [1.82, 2.24) is 4.72 Å². The van der Waals surface area contributed by atoms with Gasteiger partial charge in [0.2, 0.25) is 10.0 Å². The molecule has 0 saturated heterocycles. The Hall–Kier alpha value is -2.74. The number of aromatic carboxylic acids is 1. The van der Waals surface area contributed by atoms with Crippen molar-refractivity contribution in [3.05, 3.63) is 76.9 Å². The summed E-state index contributed by atoms with van der Waals surface area (Å²) in [5, 5.41) is 19.0. The molecule has 0 aromatic heterocycles. The molecule has 0 saturated carbocycles. The van der Waals surface area contributed by atoms with Gasteiger partial charge in [0, 0.05) is 19.1 Å². The number of hydrogen-bond donors (Lipinski definition) is 3. The number of unbranched alkanes of at least 4 members (excludes halogenated alkanes) is 1. The van der Waals surface area contributed by atoms with Gasteiger partial charge in [-0.25, -0.2) is 17.9 Å². The van der Waals surface area contributed by atoms with Crippen LogP contribution in [0.2, 0.25) is 0 Å². The number of aliphatic hydroxyl groups is 1. The zero-order chi connectivity index (χ0) is 23.3. The van der Waals surface area contributed by atoms with Gasteiger partial charge < -0.3 is 10.2 Å². The van der Waals surface area contributed by atoms with Crippen molar-refractivity contribution >= 4 is 16.0 Å². The molecule has 0 bridgehead atoms. The molecule has 0 heterocycles. The van der Waals surface area contributed by atoms with Crippen LogP contribution in [0.4, 0.5) is 0 Å². The van der Waals surface area contributed by atoms with Crippen molar-refractivity contribution in [1.29, 1.82) is 0 Å². The lowest BCUT2D eigenvalue weighted by Crippen LogP contribution is -2.24. The highest BCUT2D eigenvalue weighted by Gasteiger charge is 2.20. The lowest BCUT2D eigenvalue weighted by Gasteiger charge is -2.07. The van der Waals surface area contributed by atoms with Crippen LogP contribution in [-0.2, 0) is 16.4 Å². The van der Waals surface area contributed by atoms with Gasteiger partial charge in [0.1, 0.15) is 0 Å². The first-order chi connectivity index (χ1) is 15.2. The summed E-state index contributed by atoms with van der Waals surface area (Å²) in [5.74, 6) is -1.01. The van der Waals surface area contributed by atoms with Gasteiger partial charge in [-0.3, -0.25) is 0 Å². The van der Waals surface area contributed by atoms with E-state index in [4.69, 9.17) is 0 Å². The average Bonchev–Trinajstić information content (AvgIpc) is 2.96. The molecule has 2 aliphatic rings. The first-order valence-corrected chi connectivity index (χ1v) is 12.2. The molecule has 0 spiro atoms. The minimum Gasteiger partial charge on any atom is -0.478 e. The molecule has 170 valence electrons. The number of fused-ring (bicyclic) bond motifs is 1. The monoisotopic (exact) mass is 455 g/mol. The molecule has 2 aliphatic carbocycles. The van der Waals surface area contributed by atoms with Gasteiger partial charge in [0.25, 0.3) is 0 Å². The predicted molar refractivity (Wildman–Crippen MR) is 125 cm³/mol. The van der Waals surface area contributed by atoms with E-state index in [-0.39, 0.29) is 23.0 Å². The number of benzene rings is 1. The lowest BCUT2D eigenvalue weighted by atomic mass is 10.0. The third-order valence-electron chi connectivity index (χ3n) is 5.70. The summed E-state index contributed by atoms with van der Waals surface area (Å²) in [6.07, 6.45) is 1.99. The van der Waals surface area contributed by atoms with Gasteiger partial charge in [-0.15, -0.1) is 0 Å². The molecule has 32 heavy (non-hydrogen) atoms. The van der Waals surface area contributed by atoms with Gasteiger partial charge >= 0.3 is 5.97 Å². The Morgan fingerprint density at radius 2 is 1.66 bits per heavy atom. The molecular weight excluding hydrogens is 426 g/mol. The number of carbonyl (C=O) groups is 1. The Balaban J connectivity index is 1.67. The summed E-state index contributed by atoms with van der Waals surface area (Å²) < 4.78 is 27.4. The summed E-state index contributed by atoms with van der Waals surface area (Å²) in [6, 6.07) is 15.9. The van der Waals surface area contributed by atoms with E-state index in [1.807, 2.05) is 32.0 Å². The van der Waals surface area contributed by atoms with Crippen molar-refractivity contribution in [2.45, 2.75) is 43.9 Å². The number of sulfonamides is 1. The standard InChI is InChI=1S/C25H29NO5S/c1-17-6-10-21(11-7-17)32(30,31)26-14-4-3-5-20-15-24(25(28)29)23-13-9-19(18(2)16-27)8-12-22(20)23/h6-13,15,18,26-27H,3-5,14,16H2,1-2H3,(H,28,29). The summed E-state index contributed by atoms with van der Waals surface area (Å²) in [4.78, 5) is 12.0. The lowest BCUT2D eigenvalue weighted by molar-refractivity contribution is 0.0698. The van der Waals surface area contributed by atoms with Crippen LogP contribution < -0.4 is 4.72 Å². The van der Waals surface area contributed by atoms with Crippen molar-refractivity contribution in [2.75, 3.05) is 13.2 Å². The third-order valence-corrected chi connectivity index (χ3v) is 7.18. The minimum atomic E-state index is -3.54. The van der Waals surface area contributed by atoms with Gasteiger partial charge in [0.05, 0.1) is 10.5 Å². The summed E-state index contributed by atoms with van der Waals surface area (Å²) in [5.41, 5.74) is 4.67. The van der Waals surface area contributed by atoms with E-state index in [9.17, 15) is 23.4 Å². The van der Waals surface area contributed by atoms with Crippen LogP contribution >= 0.6 is 0 Å². The van der Waals surface area contributed by atoms with Gasteiger partial charge in [-0.2, -0.15) is 0 Å². The van der Waals surface area contributed by atoms with Crippen LogP contribution in [0.3, 0.4) is 0 Å². The largest absolute Gasteiger partial charge is 0.478 e. The number of aryl methyl sites for hydroxylation is 2. The van der Waals surface area contributed by atoms with E-state index < -0.39 is 16.0 Å². The van der Waals surface area contributed by atoms with Crippen LogP contribution in [0, 0.1) is 6.92 Å². The second-order valence-electron chi connectivity index (χ2n) is 8.13. The maximum Gasteiger partial charge on any atom is 0.336 e. The van der Waals surface area contributed by atoms with Crippen LogP contribution in [0.25, 0.3) is 11.1 Å². The van der Waals surface area contributed by atoms with Crippen LogP contribution in [0.5, 0.6) is 0 Å². The first kappa shape index (κ1) is 23.9. The third kappa shape index (κ3) is 5.54. The van der Waals surface area contributed by atoms with E-state index in [2.05, 4.69) is 4.72 Å². The molecule has 6 nitrogen and oxygen atoms in total. The number of carboxylic acids is 1. The number of aliphatic hydroxyl groups excluding tert-OH is 1. The molecule has 3 rings (SSSR count). The van der Waals surface area contributed by atoms with E-state index in [1.54, 1.807) is 36.4 Å². The highest BCUT2D eigenvalue weighted by atomic mass is 32.2. The van der Waals surface area contributed by atoms with E-state index in [1.165, 1.54) is 0 Å². The van der Waals surface area contributed by atoms with E-state index in [0.29, 0.717) is 31.4 Å². The van der Waals surface area contributed by atoms with Crippen molar-refractivity contribution in [2.24, 2.45) is 0 Å². The molecule has 1 aromatic rings. The predicted octanol–water partition coefficient (Wildman–Crippen LogP) is 4.20. The van der Waals surface area contributed by atoms with Gasteiger partial charge in [-0.05, 0) is 66.6 Å². The Morgan fingerprint density at radius 3 is 2.28 bits per heavy atom. The maximum absolute atomic E-state index is 12.4. The number of carboxylic acid groups (broad SMARTS) is 1. The molecular formula is C25H29NO5S. The van der Waals surface area contributed by atoms with Gasteiger partial charge in [-0.1, -0.05) is 48.9 Å². The van der Waals surface area contributed by atoms with Crippen LogP contribution in [0.1, 0.15) is 52.7 Å². The van der Waals surface area contributed by atoms with Crippen molar-refractivity contribution < 1.29 is 23.4 Å². The van der Waals surface area contributed by atoms with E-state index >= 15 is 0 Å². The van der Waals surface area contributed by atoms with Gasteiger partial charge in [0.15, 0.2) is 0 Å². The average molecular weight is 456 g/mol. The molecule has 1 aromatic carbocycles. The zero-order valence-electron chi connectivity index (χ0n) is 18.3. The molecule has 0 fully saturated rings. The molecule has 3 N–H and O–H groups in total. The Bertz CT molecular complexity index is 1160. The molecule has 0 amide bonds. The van der Waals surface area contributed by atoms with Crippen molar-refractivity contribution in [3.8, 4) is 11.1 Å². The number of hydrogen-bond acceptors (Lipinski definition) is 4. The normalized spacial score (nSPS) is 12.7. The van der Waals surface area contributed by atoms with E-state index in [0.717, 1.165) is 22.3 Å². The fraction of sp³-hybridized carbons (Fsp3) is 0.320. The minimum absolute atomic E-state index is 0.0192. The summed E-state index contributed by atoms with van der Waals surface area (Å²) in [6.45, 7) is 4.15. The van der Waals surface area contributed by atoms with Crippen LogP contribution in [-0.4, -0.2) is 37.8 Å².